The second kappa shape index (κ2) is 5.93. The van der Waals surface area contributed by atoms with Gasteiger partial charge in [0.25, 0.3) is 0 Å². The van der Waals surface area contributed by atoms with E-state index in [1.165, 1.54) is 11.3 Å². The molecule has 21 heavy (non-hydrogen) atoms. The molecule has 0 saturated heterocycles. The van der Waals surface area contributed by atoms with Crippen LogP contribution >= 0.6 is 22.9 Å². The molecule has 2 N–H and O–H groups in total. The molecule has 3 nitrogen and oxygen atoms in total. The number of aromatic nitrogens is 2. The van der Waals surface area contributed by atoms with E-state index >= 15 is 0 Å². The van der Waals surface area contributed by atoms with Crippen LogP contribution in [0.15, 0.2) is 48.5 Å². The van der Waals surface area contributed by atoms with E-state index < -0.39 is 0 Å². The summed E-state index contributed by atoms with van der Waals surface area (Å²) >= 11 is 7.66. The third-order valence-corrected chi connectivity index (χ3v) is 4.75. The van der Waals surface area contributed by atoms with Crippen molar-refractivity contribution in [2.45, 2.75) is 13.0 Å². The quantitative estimate of drug-likeness (QED) is 0.787. The number of hydrogen-bond donors (Lipinski definition) is 1. The highest BCUT2D eigenvalue weighted by molar-refractivity contribution is 7.14. The molecular weight excluding hydrogens is 302 g/mol. The largest absolute Gasteiger partial charge is 0.318 e. The summed E-state index contributed by atoms with van der Waals surface area (Å²) in [5.74, 6) is 0. The Hall–Kier alpha value is -1.75. The third-order valence-electron chi connectivity index (χ3n) is 3.28. The lowest BCUT2D eigenvalue weighted by atomic mass is 10.1. The van der Waals surface area contributed by atoms with E-state index in [2.05, 4.69) is 10.2 Å². The summed E-state index contributed by atoms with van der Waals surface area (Å²) in [6.45, 7) is 1.98. The monoisotopic (exact) mass is 315 g/mol. The van der Waals surface area contributed by atoms with Crippen LogP contribution in [0.1, 0.15) is 22.2 Å². The van der Waals surface area contributed by atoms with Gasteiger partial charge < -0.3 is 5.73 Å². The minimum atomic E-state index is -0.252. The molecular formula is C16H14ClN3S. The predicted octanol–water partition coefficient (Wildman–Crippen LogP) is 4.22. The summed E-state index contributed by atoms with van der Waals surface area (Å²) in [5.41, 5.74) is 9.29. The van der Waals surface area contributed by atoms with E-state index in [1.54, 1.807) is 0 Å². The van der Waals surface area contributed by atoms with Crippen molar-refractivity contribution in [1.29, 1.82) is 0 Å². The highest BCUT2D eigenvalue weighted by Gasteiger charge is 2.15. The topological polar surface area (TPSA) is 51.8 Å². The third kappa shape index (κ3) is 2.97. The number of nitrogens with two attached hydrogens (primary N) is 1. The first-order valence-electron chi connectivity index (χ1n) is 6.55. The maximum Gasteiger partial charge on any atom is 0.147 e. The van der Waals surface area contributed by atoms with Crippen molar-refractivity contribution in [1.82, 2.24) is 10.2 Å². The lowest BCUT2D eigenvalue weighted by Crippen LogP contribution is -2.11. The van der Waals surface area contributed by atoms with Crippen molar-refractivity contribution in [2.75, 3.05) is 0 Å². The molecule has 0 radical (unpaired) electrons. The van der Waals surface area contributed by atoms with E-state index in [9.17, 15) is 0 Å². The van der Waals surface area contributed by atoms with Gasteiger partial charge in [0.15, 0.2) is 0 Å². The van der Waals surface area contributed by atoms with Crippen LogP contribution in [0.5, 0.6) is 0 Å². The first-order valence-corrected chi connectivity index (χ1v) is 7.75. The molecule has 3 aromatic rings. The van der Waals surface area contributed by atoms with Gasteiger partial charge in [-0.3, -0.25) is 0 Å². The highest BCUT2D eigenvalue weighted by atomic mass is 35.5. The van der Waals surface area contributed by atoms with Crippen LogP contribution in [0.3, 0.4) is 0 Å². The maximum atomic E-state index is 6.24. The number of benzene rings is 2. The molecule has 0 bridgehead atoms. The molecule has 0 aliphatic heterocycles. The fourth-order valence-electron chi connectivity index (χ4n) is 2.01. The van der Waals surface area contributed by atoms with E-state index in [-0.39, 0.29) is 6.04 Å². The number of halogens is 1. The standard InChI is InChI=1S/C16H14ClN3S/c1-10-7-8-12(9-13(10)17)15-19-20-16(21-15)14(18)11-5-3-2-4-6-11/h2-9,14H,18H2,1H3. The van der Waals surface area contributed by atoms with Gasteiger partial charge in [-0.15, -0.1) is 10.2 Å². The number of rotatable bonds is 3. The van der Waals surface area contributed by atoms with E-state index in [4.69, 9.17) is 17.3 Å². The molecule has 0 aliphatic rings. The minimum Gasteiger partial charge on any atom is -0.318 e. The number of hydrogen-bond acceptors (Lipinski definition) is 4. The molecule has 0 spiro atoms. The zero-order chi connectivity index (χ0) is 14.8. The summed E-state index contributed by atoms with van der Waals surface area (Å²) in [7, 11) is 0. The summed E-state index contributed by atoms with van der Waals surface area (Å²) in [6.07, 6.45) is 0. The van der Waals surface area contributed by atoms with Gasteiger partial charge in [-0.25, -0.2) is 0 Å². The van der Waals surface area contributed by atoms with Crippen LogP contribution in [0.25, 0.3) is 10.6 Å². The van der Waals surface area contributed by atoms with Crippen LogP contribution in [0.4, 0.5) is 0 Å². The molecule has 3 rings (SSSR count). The summed E-state index contributed by atoms with van der Waals surface area (Å²) < 4.78 is 0. The summed E-state index contributed by atoms with van der Waals surface area (Å²) in [6, 6.07) is 15.5. The van der Waals surface area contributed by atoms with Gasteiger partial charge in [-0.2, -0.15) is 0 Å². The zero-order valence-corrected chi connectivity index (χ0v) is 13.0. The fraction of sp³-hybridized carbons (Fsp3) is 0.125. The second-order valence-electron chi connectivity index (χ2n) is 4.80. The van der Waals surface area contributed by atoms with Crippen molar-refractivity contribution in [3.05, 3.63) is 69.7 Å². The molecule has 2 aromatic carbocycles. The Kier molecular flexibility index (Phi) is 4.01. The van der Waals surface area contributed by atoms with Crippen molar-refractivity contribution in [2.24, 2.45) is 5.73 Å². The van der Waals surface area contributed by atoms with Crippen LogP contribution in [-0.4, -0.2) is 10.2 Å². The summed E-state index contributed by atoms with van der Waals surface area (Å²) in [5, 5.41) is 10.8. The Morgan fingerprint density at radius 1 is 1.10 bits per heavy atom. The van der Waals surface area contributed by atoms with Crippen molar-refractivity contribution in [3.8, 4) is 10.6 Å². The lowest BCUT2D eigenvalue weighted by molar-refractivity contribution is 0.831. The van der Waals surface area contributed by atoms with Crippen LogP contribution < -0.4 is 5.73 Å². The fourth-order valence-corrected chi connectivity index (χ4v) is 3.06. The normalized spacial score (nSPS) is 12.3. The first kappa shape index (κ1) is 14.2. The van der Waals surface area contributed by atoms with Crippen molar-refractivity contribution < 1.29 is 0 Å². The average Bonchev–Trinajstić information content (AvgIpc) is 3.00. The van der Waals surface area contributed by atoms with Crippen molar-refractivity contribution >= 4 is 22.9 Å². The van der Waals surface area contributed by atoms with Crippen molar-refractivity contribution in [3.63, 3.8) is 0 Å². The van der Waals surface area contributed by atoms with Gasteiger partial charge in [0.05, 0.1) is 6.04 Å². The average molecular weight is 316 g/mol. The molecule has 5 heteroatoms. The van der Waals surface area contributed by atoms with Gasteiger partial charge in [-0.05, 0) is 24.1 Å². The SMILES string of the molecule is Cc1ccc(-c2nnc(C(N)c3ccccc3)s2)cc1Cl. The van der Waals surface area contributed by atoms with Crippen LogP contribution in [0.2, 0.25) is 5.02 Å². The molecule has 1 unspecified atom stereocenters. The summed E-state index contributed by atoms with van der Waals surface area (Å²) in [4.78, 5) is 0. The Labute approximate surface area is 132 Å². The van der Waals surface area contributed by atoms with E-state index in [0.29, 0.717) is 0 Å². The van der Waals surface area contributed by atoms with Gasteiger partial charge >= 0.3 is 0 Å². The van der Waals surface area contributed by atoms with Crippen LogP contribution in [0, 0.1) is 6.92 Å². The number of nitrogens with zero attached hydrogens (tertiary/aromatic N) is 2. The van der Waals surface area contributed by atoms with Gasteiger partial charge in [0, 0.05) is 10.6 Å². The Balaban J connectivity index is 1.91. The molecule has 0 aliphatic carbocycles. The molecule has 106 valence electrons. The molecule has 0 fully saturated rings. The Morgan fingerprint density at radius 3 is 2.57 bits per heavy atom. The molecule has 0 amide bonds. The number of aryl methyl sites for hydroxylation is 1. The zero-order valence-electron chi connectivity index (χ0n) is 11.5. The van der Waals surface area contributed by atoms with Gasteiger partial charge in [0.2, 0.25) is 0 Å². The Morgan fingerprint density at radius 2 is 1.86 bits per heavy atom. The van der Waals surface area contributed by atoms with E-state index in [0.717, 1.165) is 31.7 Å². The molecule has 1 aromatic heterocycles. The molecule has 1 heterocycles. The van der Waals surface area contributed by atoms with Gasteiger partial charge in [-0.1, -0.05) is 65.4 Å². The lowest BCUT2D eigenvalue weighted by Gasteiger charge is -2.07. The first-order chi connectivity index (χ1) is 10.1. The van der Waals surface area contributed by atoms with E-state index in [1.807, 2.05) is 55.5 Å². The maximum absolute atomic E-state index is 6.24. The molecule has 0 saturated carbocycles. The predicted molar refractivity (Wildman–Crippen MR) is 87.6 cm³/mol. The highest BCUT2D eigenvalue weighted by Crippen LogP contribution is 2.30. The van der Waals surface area contributed by atoms with Gasteiger partial charge in [0.1, 0.15) is 10.0 Å². The molecule has 1 atom stereocenters. The van der Waals surface area contributed by atoms with Crippen LogP contribution in [-0.2, 0) is 0 Å². The second-order valence-corrected chi connectivity index (χ2v) is 6.21. The minimum absolute atomic E-state index is 0.252. The smallest absolute Gasteiger partial charge is 0.147 e. The Bertz CT molecular complexity index is 755.